The Morgan fingerprint density at radius 1 is 1.26 bits per heavy atom. The molecule has 0 saturated carbocycles. The highest BCUT2D eigenvalue weighted by atomic mass is 16.2. The first-order valence-electron chi connectivity index (χ1n) is 9.12. The molecular weight excluding hydrogens is 342 g/mol. The highest BCUT2D eigenvalue weighted by Gasteiger charge is 2.22. The summed E-state index contributed by atoms with van der Waals surface area (Å²) in [5.74, 6) is -0.105. The van der Waals surface area contributed by atoms with Crippen molar-refractivity contribution in [3.8, 4) is 0 Å². The fourth-order valence-corrected chi connectivity index (χ4v) is 3.63. The number of nitrogens with one attached hydrogen (secondary N) is 1. The summed E-state index contributed by atoms with van der Waals surface area (Å²) in [7, 11) is 0. The molecule has 0 aliphatic heterocycles. The summed E-state index contributed by atoms with van der Waals surface area (Å²) in [5.41, 5.74) is 9.26. The highest BCUT2D eigenvalue weighted by Crippen LogP contribution is 2.30. The third-order valence-electron chi connectivity index (χ3n) is 5.00. The number of nitrogens with two attached hydrogens (primary N) is 1. The number of nitrogens with zero attached hydrogens (tertiary/aromatic N) is 3. The molecular formula is C20H21N5O2. The Kier molecular flexibility index (Phi) is 4.58. The molecule has 138 valence electrons. The molecule has 1 unspecified atom stereocenters. The lowest BCUT2D eigenvalue weighted by Gasteiger charge is -2.26. The summed E-state index contributed by atoms with van der Waals surface area (Å²) in [6.07, 6.45) is 3.07. The van der Waals surface area contributed by atoms with Crippen LogP contribution >= 0.6 is 0 Å². The molecule has 3 N–H and O–H groups in total. The number of anilines is 1. The lowest BCUT2D eigenvalue weighted by Crippen LogP contribution is -2.33. The van der Waals surface area contributed by atoms with E-state index in [1.807, 2.05) is 24.3 Å². The first-order chi connectivity index (χ1) is 13.1. The van der Waals surface area contributed by atoms with E-state index in [4.69, 9.17) is 5.73 Å². The molecule has 4 rings (SSSR count). The summed E-state index contributed by atoms with van der Waals surface area (Å²) in [6, 6.07) is 12.9. The van der Waals surface area contributed by atoms with E-state index >= 15 is 0 Å². The highest BCUT2D eigenvalue weighted by molar-refractivity contribution is 5.77. The van der Waals surface area contributed by atoms with Gasteiger partial charge in [0.05, 0.1) is 18.0 Å². The standard InChI is InChI=1S/C20H21N5O2/c21-14-8-9-15-13(12-14)4-3-7-17(15)22-19(26)10-11-25-20(27)16-5-1-2-6-18(16)23-24-25/h1-2,5-6,8-9,12,17H,3-4,7,10-11,21H2,(H,22,26). The summed E-state index contributed by atoms with van der Waals surface area (Å²) < 4.78 is 1.25. The number of carbonyl (C=O) groups is 1. The Bertz CT molecular complexity index is 1060. The van der Waals surface area contributed by atoms with Gasteiger partial charge in [-0.05, 0) is 54.7 Å². The quantitative estimate of drug-likeness (QED) is 0.690. The fourth-order valence-electron chi connectivity index (χ4n) is 3.63. The summed E-state index contributed by atoms with van der Waals surface area (Å²) in [4.78, 5) is 24.9. The van der Waals surface area contributed by atoms with Gasteiger partial charge in [-0.25, -0.2) is 4.68 Å². The molecule has 0 radical (unpaired) electrons. The van der Waals surface area contributed by atoms with E-state index in [0.717, 1.165) is 30.5 Å². The first-order valence-corrected chi connectivity index (χ1v) is 9.12. The minimum Gasteiger partial charge on any atom is -0.399 e. The number of rotatable bonds is 4. The molecule has 1 atom stereocenters. The van der Waals surface area contributed by atoms with E-state index in [1.54, 1.807) is 18.2 Å². The minimum absolute atomic E-state index is 0.0127. The van der Waals surface area contributed by atoms with Crippen molar-refractivity contribution < 1.29 is 4.79 Å². The molecule has 2 aromatic carbocycles. The van der Waals surface area contributed by atoms with Gasteiger partial charge in [-0.15, -0.1) is 5.10 Å². The number of fused-ring (bicyclic) bond motifs is 2. The largest absolute Gasteiger partial charge is 0.399 e. The molecule has 1 heterocycles. The lowest BCUT2D eigenvalue weighted by atomic mass is 9.87. The van der Waals surface area contributed by atoms with Crippen LogP contribution in [0.15, 0.2) is 47.3 Å². The maximum Gasteiger partial charge on any atom is 0.277 e. The van der Waals surface area contributed by atoms with Crippen molar-refractivity contribution in [2.75, 3.05) is 5.73 Å². The predicted molar refractivity (Wildman–Crippen MR) is 103 cm³/mol. The topological polar surface area (TPSA) is 103 Å². The normalized spacial score (nSPS) is 16.1. The summed E-state index contributed by atoms with van der Waals surface area (Å²) >= 11 is 0. The molecule has 27 heavy (non-hydrogen) atoms. The molecule has 0 spiro atoms. The number of aromatic nitrogens is 3. The van der Waals surface area contributed by atoms with Crippen molar-refractivity contribution >= 4 is 22.5 Å². The molecule has 3 aromatic rings. The average molecular weight is 363 g/mol. The molecule has 1 aliphatic carbocycles. The van der Waals surface area contributed by atoms with Gasteiger partial charge < -0.3 is 11.1 Å². The van der Waals surface area contributed by atoms with E-state index in [0.29, 0.717) is 10.9 Å². The van der Waals surface area contributed by atoms with Crippen LogP contribution in [0, 0.1) is 0 Å². The number of benzene rings is 2. The van der Waals surface area contributed by atoms with Gasteiger partial charge in [0, 0.05) is 12.1 Å². The van der Waals surface area contributed by atoms with Crippen molar-refractivity contribution in [3.05, 3.63) is 63.9 Å². The predicted octanol–water partition coefficient (Wildman–Crippen LogP) is 1.96. The maximum absolute atomic E-state index is 12.4. The van der Waals surface area contributed by atoms with Crippen LogP contribution in [0.2, 0.25) is 0 Å². The van der Waals surface area contributed by atoms with E-state index < -0.39 is 0 Å². The van der Waals surface area contributed by atoms with Gasteiger partial charge in [-0.2, -0.15) is 0 Å². The van der Waals surface area contributed by atoms with Gasteiger partial charge in [0.2, 0.25) is 5.91 Å². The van der Waals surface area contributed by atoms with E-state index in [9.17, 15) is 9.59 Å². The molecule has 1 aromatic heterocycles. The van der Waals surface area contributed by atoms with Gasteiger partial charge >= 0.3 is 0 Å². The lowest BCUT2D eigenvalue weighted by molar-refractivity contribution is -0.122. The maximum atomic E-state index is 12.4. The van der Waals surface area contributed by atoms with Crippen LogP contribution in [-0.2, 0) is 17.8 Å². The number of aryl methyl sites for hydroxylation is 2. The summed E-state index contributed by atoms with van der Waals surface area (Å²) in [5, 5.41) is 11.6. The molecule has 1 amide bonds. The Labute approximate surface area is 156 Å². The van der Waals surface area contributed by atoms with Crippen LogP contribution in [0.4, 0.5) is 5.69 Å². The number of nitrogen functional groups attached to an aromatic ring is 1. The number of carbonyl (C=O) groups excluding carboxylic acids is 1. The van der Waals surface area contributed by atoms with Crippen LogP contribution in [-0.4, -0.2) is 20.9 Å². The Balaban J connectivity index is 1.44. The smallest absolute Gasteiger partial charge is 0.277 e. The molecule has 0 bridgehead atoms. The van der Waals surface area contributed by atoms with Crippen molar-refractivity contribution in [2.45, 2.75) is 38.3 Å². The van der Waals surface area contributed by atoms with Gasteiger partial charge in [0.25, 0.3) is 5.56 Å². The molecule has 1 aliphatic rings. The Morgan fingerprint density at radius 3 is 3.00 bits per heavy atom. The van der Waals surface area contributed by atoms with Crippen LogP contribution in [0.5, 0.6) is 0 Å². The van der Waals surface area contributed by atoms with Crippen LogP contribution in [0.3, 0.4) is 0 Å². The zero-order valence-electron chi connectivity index (χ0n) is 14.9. The van der Waals surface area contributed by atoms with Crippen LogP contribution < -0.4 is 16.6 Å². The molecule has 0 saturated heterocycles. The fraction of sp³-hybridized carbons (Fsp3) is 0.300. The van der Waals surface area contributed by atoms with Crippen molar-refractivity contribution in [1.82, 2.24) is 20.3 Å². The summed E-state index contributed by atoms with van der Waals surface area (Å²) in [6.45, 7) is 0.198. The zero-order chi connectivity index (χ0) is 18.8. The monoisotopic (exact) mass is 363 g/mol. The van der Waals surface area contributed by atoms with Gasteiger partial charge in [-0.3, -0.25) is 9.59 Å². The van der Waals surface area contributed by atoms with Gasteiger partial charge in [-0.1, -0.05) is 23.4 Å². The Morgan fingerprint density at radius 2 is 2.11 bits per heavy atom. The second-order valence-corrected chi connectivity index (χ2v) is 6.86. The number of hydrogen-bond acceptors (Lipinski definition) is 5. The van der Waals surface area contributed by atoms with Gasteiger partial charge in [0.15, 0.2) is 0 Å². The minimum atomic E-state index is -0.230. The first kappa shape index (κ1) is 17.2. The molecule has 7 nitrogen and oxygen atoms in total. The molecule has 7 heteroatoms. The molecule has 0 fully saturated rings. The average Bonchev–Trinajstić information content (AvgIpc) is 2.67. The second kappa shape index (κ2) is 7.19. The number of amides is 1. The van der Waals surface area contributed by atoms with Crippen LogP contribution in [0.25, 0.3) is 10.9 Å². The SMILES string of the molecule is Nc1ccc2c(c1)CCCC2NC(=O)CCn1nnc2ccccc2c1=O. The van der Waals surface area contributed by atoms with Crippen molar-refractivity contribution in [2.24, 2.45) is 0 Å². The van der Waals surface area contributed by atoms with Crippen molar-refractivity contribution in [3.63, 3.8) is 0 Å². The number of hydrogen-bond donors (Lipinski definition) is 2. The zero-order valence-corrected chi connectivity index (χ0v) is 14.9. The third kappa shape index (κ3) is 3.53. The van der Waals surface area contributed by atoms with Crippen LogP contribution in [0.1, 0.15) is 36.4 Å². The second-order valence-electron chi connectivity index (χ2n) is 6.86. The van der Waals surface area contributed by atoms with E-state index in [-0.39, 0.29) is 30.5 Å². The third-order valence-corrected chi connectivity index (χ3v) is 5.00. The van der Waals surface area contributed by atoms with E-state index in [1.165, 1.54) is 10.2 Å². The van der Waals surface area contributed by atoms with Gasteiger partial charge in [0.1, 0.15) is 5.52 Å². The van der Waals surface area contributed by atoms with Crippen molar-refractivity contribution in [1.29, 1.82) is 0 Å². The Hall–Kier alpha value is -3.22. The van der Waals surface area contributed by atoms with E-state index in [2.05, 4.69) is 15.6 Å².